The van der Waals surface area contributed by atoms with Crippen LogP contribution >= 0.6 is 0 Å². The lowest BCUT2D eigenvalue weighted by Crippen LogP contribution is -2.41. The third-order valence-corrected chi connectivity index (χ3v) is 3.93. The molecule has 5 heteroatoms. The summed E-state index contributed by atoms with van der Waals surface area (Å²) in [5, 5.41) is 0. The summed E-state index contributed by atoms with van der Waals surface area (Å²) in [5.74, 6) is 0. The van der Waals surface area contributed by atoms with Crippen LogP contribution in [0.3, 0.4) is 0 Å². The van der Waals surface area contributed by atoms with E-state index in [1.807, 2.05) is 34.6 Å². The van der Waals surface area contributed by atoms with Crippen LogP contribution in [0.2, 0.25) is 0 Å². The van der Waals surface area contributed by atoms with E-state index < -0.39 is 7.12 Å². The Bertz CT molecular complexity index is 491. The maximum absolute atomic E-state index is 11.3. The van der Waals surface area contributed by atoms with E-state index in [-0.39, 0.29) is 16.8 Å². The first-order chi connectivity index (χ1) is 8.27. The lowest BCUT2D eigenvalue weighted by molar-refractivity contribution is 0.00578. The van der Waals surface area contributed by atoms with Gasteiger partial charge in [-0.15, -0.1) is 0 Å². The molecule has 0 radical (unpaired) electrons. The minimum Gasteiger partial charge on any atom is -0.399 e. The topological polar surface area (TPSA) is 51.3 Å². The van der Waals surface area contributed by atoms with Gasteiger partial charge in [0.15, 0.2) is 0 Å². The predicted octanol–water partition coefficient (Wildman–Crippen LogP) is 1.24. The summed E-state index contributed by atoms with van der Waals surface area (Å²) in [6.45, 7) is 10.1. The quantitative estimate of drug-likeness (QED) is 0.802. The van der Waals surface area contributed by atoms with Gasteiger partial charge in [-0.2, -0.15) is 0 Å². The van der Waals surface area contributed by atoms with Crippen LogP contribution < -0.4 is 11.0 Å². The fourth-order valence-corrected chi connectivity index (χ4v) is 2.02. The molecule has 18 heavy (non-hydrogen) atoms. The molecule has 1 aliphatic heterocycles. The van der Waals surface area contributed by atoms with Gasteiger partial charge >= 0.3 is 7.12 Å². The summed E-state index contributed by atoms with van der Waals surface area (Å²) in [5.41, 5.74) is 1.07. The smallest absolute Gasteiger partial charge is 0.399 e. The molecule has 1 saturated heterocycles. The van der Waals surface area contributed by atoms with Crippen molar-refractivity contribution in [2.75, 3.05) is 0 Å². The SMILES string of the molecule is CCc1cc(=O)[nH]cc1B1OC(C)(C)C(C)(C)O1. The molecule has 2 rings (SSSR count). The molecular weight excluding hydrogens is 229 g/mol. The number of nitrogens with one attached hydrogen (secondary N) is 1. The summed E-state index contributed by atoms with van der Waals surface area (Å²) in [4.78, 5) is 14.0. The standard InChI is InChI=1S/C13H20BNO3/c1-6-9-7-11(16)15-8-10(9)14-17-12(2,3)13(4,5)18-14/h7-8H,6H2,1-5H3,(H,15,16). The van der Waals surface area contributed by atoms with E-state index >= 15 is 0 Å². The average molecular weight is 249 g/mol. The summed E-state index contributed by atoms with van der Waals surface area (Å²) in [7, 11) is -0.415. The van der Waals surface area contributed by atoms with Crippen molar-refractivity contribution in [3.63, 3.8) is 0 Å². The Balaban J connectivity index is 2.38. The number of hydrogen-bond acceptors (Lipinski definition) is 3. The molecule has 1 aromatic heterocycles. The van der Waals surface area contributed by atoms with Crippen LogP contribution in [0.25, 0.3) is 0 Å². The first kappa shape index (κ1) is 13.4. The Morgan fingerprint density at radius 1 is 1.22 bits per heavy atom. The first-order valence-electron chi connectivity index (χ1n) is 6.34. The highest BCUT2D eigenvalue weighted by molar-refractivity contribution is 6.62. The van der Waals surface area contributed by atoms with Gasteiger partial charge in [-0.05, 0) is 39.7 Å². The Morgan fingerprint density at radius 3 is 2.28 bits per heavy atom. The van der Waals surface area contributed by atoms with E-state index in [2.05, 4.69) is 4.98 Å². The second-order valence-electron chi connectivity index (χ2n) is 5.72. The van der Waals surface area contributed by atoms with Crippen LogP contribution in [-0.2, 0) is 15.7 Å². The number of aromatic amines is 1. The molecule has 1 fully saturated rings. The molecule has 1 aromatic rings. The molecular formula is C13H20BNO3. The van der Waals surface area contributed by atoms with Crippen molar-refractivity contribution >= 4 is 12.6 Å². The summed E-state index contributed by atoms with van der Waals surface area (Å²) >= 11 is 0. The molecule has 0 atom stereocenters. The molecule has 0 aromatic carbocycles. The van der Waals surface area contributed by atoms with Crippen molar-refractivity contribution in [3.05, 3.63) is 28.2 Å². The largest absolute Gasteiger partial charge is 0.496 e. The van der Waals surface area contributed by atoms with Crippen molar-refractivity contribution < 1.29 is 9.31 Å². The van der Waals surface area contributed by atoms with Crippen LogP contribution in [0.5, 0.6) is 0 Å². The van der Waals surface area contributed by atoms with Crippen LogP contribution in [0.4, 0.5) is 0 Å². The normalized spacial score (nSPS) is 21.3. The lowest BCUT2D eigenvalue weighted by atomic mass is 9.76. The van der Waals surface area contributed by atoms with Crippen molar-refractivity contribution in [3.8, 4) is 0 Å². The monoisotopic (exact) mass is 249 g/mol. The molecule has 1 aliphatic rings. The van der Waals surface area contributed by atoms with E-state index in [9.17, 15) is 4.79 Å². The van der Waals surface area contributed by atoms with Gasteiger partial charge in [0.2, 0.25) is 5.56 Å². The fraction of sp³-hybridized carbons (Fsp3) is 0.615. The number of H-pyrrole nitrogens is 1. The zero-order valence-corrected chi connectivity index (χ0v) is 11.7. The van der Waals surface area contributed by atoms with Gasteiger partial charge in [0.1, 0.15) is 0 Å². The molecule has 0 spiro atoms. The maximum Gasteiger partial charge on any atom is 0.496 e. The van der Waals surface area contributed by atoms with Gasteiger partial charge in [0, 0.05) is 17.7 Å². The Hall–Kier alpha value is -1.07. The summed E-state index contributed by atoms with van der Waals surface area (Å²) < 4.78 is 12.0. The van der Waals surface area contributed by atoms with Crippen LogP contribution in [0.15, 0.2) is 17.1 Å². The average Bonchev–Trinajstić information content (AvgIpc) is 2.47. The van der Waals surface area contributed by atoms with Gasteiger partial charge < -0.3 is 14.3 Å². The zero-order valence-electron chi connectivity index (χ0n) is 11.7. The fourth-order valence-electron chi connectivity index (χ4n) is 2.02. The van der Waals surface area contributed by atoms with Gasteiger partial charge in [0.25, 0.3) is 0 Å². The second kappa shape index (κ2) is 4.25. The third-order valence-electron chi connectivity index (χ3n) is 3.93. The number of pyridine rings is 1. The predicted molar refractivity (Wildman–Crippen MR) is 72.2 cm³/mol. The van der Waals surface area contributed by atoms with Gasteiger partial charge in [-0.3, -0.25) is 4.79 Å². The van der Waals surface area contributed by atoms with Crippen molar-refractivity contribution in [1.29, 1.82) is 0 Å². The molecule has 0 amide bonds. The van der Waals surface area contributed by atoms with E-state index in [1.54, 1.807) is 12.3 Å². The number of hydrogen-bond donors (Lipinski definition) is 1. The minimum atomic E-state index is -0.415. The number of aryl methyl sites for hydroxylation is 1. The lowest BCUT2D eigenvalue weighted by Gasteiger charge is -2.32. The summed E-state index contributed by atoms with van der Waals surface area (Å²) in [6.07, 6.45) is 2.48. The Morgan fingerprint density at radius 2 is 1.78 bits per heavy atom. The van der Waals surface area contributed by atoms with E-state index in [4.69, 9.17) is 9.31 Å². The van der Waals surface area contributed by atoms with Crippen molar-refractivity contribution in [1.82, 2.24) is 4.98 Å². The number of rotatable bonds is 2. The summed E-state index contributed by atoms with van der Waals surface area (Å²) in [6, 6.07) is 1.61. The molecule has 0 saturated carbocycles. The van der Waals surface area contributed by atoms with Crippen molar-refractivity contribution in [2.24, 2.45) is 0 Å². The second-order valence-corrected chi connectivity index (χ2v) is 5.72. The maximum atomic E-state index is 11.3. The number of aromatic nitrogens is 1. The zero-order chi connectivity index (χ0) is 13.6. The van der Waals surface area contributed by atoms with Crippen LogP contribution in [-0.4, -0.2) is 23.3 Å². The highest BCUT2D eigenvalue weighted by Crippen LogP contribution is 2.36. The highest BCUT2D eigenvalue weighted by Gasteiger charge is 2.52. The molecule has 98 valence electrons. The molecule has 2 heterocycles. The molecule has 1 N–H and O–H groups in total. The van der Waals surface area contributed by atoms with Gasteiger partial charge in [0.05, 0.1) is 11.2 Å². The Labute approximate surface area is 108 Å². The molecule has 4 nitrogen and oxygen atoms in total. The van der Waals surface area contributed by atoms with Crippen LogP contribution in [0, 0.1) is 0 Å². The van der Waals surface area contributed by atoms with E-state index in [0.717, 1.165) is 17.4 Å². The first-order valence-corrected chi connectivity index (χ1v) is 6.34. The minimum absolute atomic E-state index is 0.0906. The van der Waals surface area contributed by atoms with E-state index in [1.165, 1.54) is 0 Å². The van der Waals surface area contributed by atoms with E-state index in [0.29, 0.717) is 0 Å². The molecule has 0 bridgehead atoms. The van der Waals surface area contributed by atoms with Crippen molar-refractivity contribution in [2.45, 2.75) is 52.2 Å². The third kappa shape index (κ3) is 2.13. The highest BCUT2D eigenvalue weighted by atomic mass is 16.7. The molecule has 0 unspecified atom stereocenters. The van der Waals surface area contributed by atoms with Crippen LogP contribution in [0.1, 0.15) is 40.2 Å². The molecule has 0 aliphatic carbocycles. The van der Waals surface area contributed by atoms with Gasteiger partial charge in [-0.1, -0.05) is 6.92 Å². The van der Waals surface area contributed by atoms with Gasteiger partial charge in [-0.25, -0.2) is 0 Å². The Kier molecular flexibility index (Phi) is 3.15.